The maximum absolute atomic E-state index is 6.11. The molecule has 0 aromatic heterocycles. The van der Waals surface area contributed by atoms with E-state index in [-0.39, 0.29) is 5.41 Å². The topological polar surface area (TPSA) is 0 Å². The summed E-state index contributed by atoms with van der Waals surface area (Å²) in [5.41, 5.74) is 4.41. The third-order valence-electron chi connectivity index (χ3n) is 3.38. The lowest BCUT2D eigenvalue weighted by Crippen LogP contribution is -2.21. The fourth-order valence-corrected chi connectivity index (χ4v) is 2.44. The van der Waals surface area contributed by atoms with Gasteiger partial charge >= 0.3 is 0 Å². The van der Waals surface area contributed by atoms with Crippen molar-refractivity contribution in [2.75, 3.05) is 5.88 Å². The van der Waals surface area contributed by atoms with E-state index in [1.165, 1.54) is 29.5 Å². The van der Waals surface area contributed by atoms with Crippen molar-refractivity contribution in [3.8, 4) is 0 Å². The predicted molar refractivity (Wildman–Crippen MR) is 73.4 cm³/mol. The van der Waals surface area contributed by atoms with Crippen molar-refractivity contribution in [1.82, 2.24) is 0 Å². The van der Waals surface area contributed by atoms with Crippen LogP contribution in [-0.4, -0.2) is 5.88 Å². The Labute approximate surface area is 105 Å². The lowest BCUT2D eigenvalue weighted by atomic mass is 9.81. The number of halogens is 1. The molecular formula is C15H23Cl. The summed E-state index contributed by atoms with van der Waals surface area (Å²) in [6.45, 7) is 8.85. The zero-order valence-electron chi connectivity index (χ0n) is 10.9. The van der Waals surface area contributed by atoms with Crippen molar-refractivity contribution in [3.05, 3.63) is 34.9 Å². The van der Waals surface area contributed by atoms with Gasteiger partial charge in [0.15, 0.2) is 0 Å². The molecule has 1 aromatic carbocycles. The van der Waals surface area contributed by atoms with Crippen LogP contribution in [0, 0.1) is 19.3 Å². The van der Waals surface area contributed by atoms with Gasteiger partial charge in [-0.25, -0.2) is 0 Å². The highest BCUT2D eigenvalue weighted by atomic mass is 35.5. The van der Waals surface area contributed by atoms with E-state index in [1.54, 1.807) is 0 Å². The first kappa shape index (κ1) is 13.6. The van der Waals surface area contributed by atoms with E-state index in [0.717, 1.165) is 12.3 Å². The fraction of sp³-hybridized carbons (Fsp3) is 0.600. The number of rotatable bonds is 5. The largest absolute Gasteiger partial charge is 0.126 e. The molecule has 0 fully saturated rings. The van der Waals surface area contributed by atoms with Gasteiger partial charge in [-0.3, -0.25) is 0 Å². The molecule has 0 amide bonds. The van der Waals surface area contributed by atoms with E-state index in [2.05, 4.69) is 45.9 Å². The van der Waals surface area contributed by atoms with Crippen molar-refractivity contribution in [2.24, 2.45) is 5.41 Å². The van der Waals surface area contributed by atoms with E-state index in [4.69, 9.17) is 11.6 Å². The lowest BCUT2D eigenvalue weighted by Gasteiger charge is -2.27. The highest BCUT2D eigenvalue weighted by Crippen LogP contribution is 2.30. The van der Waals surface area contributed by atoms with Crippen molar-refractivity contribution >= 4 is 11.6 Å². The zero-order chi connectivity index (χ0) is 12.2. The Morgan fingerprint density at radius 1 is 1.19 bits per heavy atom. The van der Waals surface area contributed by atoms with Gasteiger partial charge in [0.05, 0.1) is 0 Å². The Morgan fingerprint density at radius 3 is 2.38 bits per heavy atom. The minimum Gasteiger partial charge on any atom is -0.126 e. The molecule has 0 saturated heterocycles. The van der Waals surface area contributed by atoms with Crippen LogP contribution in [0.1, 0.15) is 43.4 Å². The van der Waals surface area contributed by atoms with Crippen LogP contribution in [0.25, 0.3) is 0 Å². The van der Waals surface area contributed by atoms with Crippen molar-refractivity contribution in [3.63, 3.8) is 0 Å². The second-order valence-electron chi connectivity index (χ2n) is 5.29. The van der Waals surface area contributed by atoms with Gasteiger partial charge in [-0.15, -0.1) is 11.6 Å². The molecule has 0 bridgehead atoms. The normalized spacial score (nSPS) is 14.8. The van der Waals surface area contributed by atoms with Gasteiger partial charge < -0.3 is 0 Å². The number of alkyl halides is 1. The first-order valence-electron chi connectivity index (χ1n) is 6.13. The summed E-state index contributed by atoms with van der Waals surface area (Å²) in [6, 6.07) is 6.75. The van der Waals surface area contributed by atoms with E-state index < -0.39 is 0 Å². The molecule has 0 saturated carbocycles. The molecule has 1 aromatic rings. The highest BCUT2D eigenvalue weighted by Gasteiger charge is 2.22. The van der Waals surface area contributed by atoms with E-state index in [9.17, 15) is 0 Å². The van der Waals surface area contributed by atoms with E-state index >= 15 is 0 Å². The number of aryl methyl sites for hydroxylation is 2. The zero-order valence-corrected chi connectivity index (χ0v) is 11.7. The summed E-state index contributed by atoms with van der Waals surface area (Å²) < 4.78 is 0. The van der Waals surface area contributed by atoms with Crippen LogP contribution in [0.5, 0.6) is 0 Å². The van der Waals surface area contributed by atoms with Crippen LogP contribution in [0.2, 0.25) is 0 Å². The highest BCUT2D eigenvalue weighted by molar-refractivity contribution is 6.18. The average molecular weight is 239 g/mol. The molecule has 16 heavy (non-hydrogen) atoms. The minimum atomic E-state index is 0.248. The average Bonchev–Trinajstić information content (AvgIpc) is 2.24. The van der Waals surface area contributed by atoms with Crippen LogP contribution in [0.4, 0.5) is 0 Å². The fourth-order valence-electron chi connectivity index (χ4n) is 2.21. The quantitative estimate of drug-likeness (QED) is 0.641. The maximum Gasteiger partial charge on any atom is 0.0280 e. The van der Waals surface area contributed by atoms with Gasteiger partial charge in [0, 0.05) is 5.88 Å². The van der Waals surface area contributed by atoms with Gasteiger partial charge in [-0.2, -0.15) is 0 Å². The molecule has 0 aliphatic carbocycles. The van der Waals surface area contributed by atoms with Crippen LogP contribution in [0.3, 0.4) is 0 Å². The summed E-state index contributed by atoms with van der Waals surface area (Å²) >= 11 is 6.11. The standard InChI is InChI=1S/C15H23Cl/c1-5-8-15(4,11-16)10-14-7-6-12(2)13(3)9-14/h6-7,9H,5,8,10-11H2,1-4H3. The summed E-state index contributed by atoms with van der Waals surface area (Å²) in [5, 5.41) is 0. The monoisotopic (exact) mass is 238 g/mol. The molecule has 0 N–H and O–H groups in total. The number of benzene rings is 1. The molecule has 1 rings (SSSR count). The third kappa shape index (κ3) is 3.52. The van der Waals surface area contributed by atoms with Gasteiger partial charge in [0.25, 0.3) is 0 Å². The second-order valence-corrected chi connectivity index (χ2v) is 5.56. The Hall–Kier alpha value is -0.490. The summed E-state index contributed by atoms with van der Waals surface area (Å²) in [6.07, 6.45) is 3.49. The lowest BCUT2D eigenvalue weighted by molar-refractivity contribution is 0.335. The molecule has 1 heteroatoms. The van der Waals surface area contributed by atoms with Gasteiger partial charge in [0.1, 0.15) is 0 Å². The number of hydrogen-bond acceptors (Lipinski definition) is 0. The van der Waals surface area contributed by atoms with Crippen LogP contribution in [0.15, 0.2) is 18.2 Å². The van der Waals surface area contributed by atoms with Crippen molar-refractivity contribution in [1.29, 1.82) is 0 Å². The Balaban J connectivity index is 2.81. The van der Waals surface area contributed by atoms with E-state index in [0.29, 0.717) is 0 Å². The third-order valence-corrected chi connectivity index (χ3v) is 4.02. The molecule has 1 atom stereocenters. The van der Waals surface area contributed by atoms with Crippen molar-refractivity contribution < 1.29 is 0 Å². The maximum atomic E-state index is 6.11. The summed E-state index contributed by atoms with van der Waals surface area (Å²) in [5.74, 6) is 0.744. The Morgan fingerprint density at radius 2 is 1.88 bits per heavy atom. The minimum absolute atomic E-state index is 0.248. The van der Waals surface area contributed by atoms with Gasteiger partial charge in [0.2, 0.25) is 0 Å². The molecule has 0 heterocycles. The van der Waals surface area contributed by atoms with Crippen LogP contribution < -0.4 is 0 Å². The first-order valence-corrected chi connectivity index (χ1v) is 6.66. The second kappa shape index (κ2) is 5.72. The summed E-state index contributed by atoms with van der Waals surface area (Å²) in [7, 11) is 0. The van der Waals surface area contributed by atoms with Gasteiger partial charge in [-0.1, -0.05) is 38.5 Å². The smallest absolute Gasteiger partial charge is 0.0280 e. The van der Waals surface area contributed by atoms with Gasteiger partial charge in [-0.05, 0) is 48.8 Å². The van der Waals surface area contributed by atoms with Crippen LogP contribution in [-0.2, 0) is 6.42 Å². The van der Waals surface area contributed by atoms with Crippen LogP contribution >= 0.6 is 11.6 Å². The number of hydrogen-bond donors (Lipinski definition) is 0. The summed E-state index contributed by atoms with van der Waals surface area (Å²) in [4.78, 5) is 0. The Bertz CT molecular complexity index is 343. The van der Waals surface area contributed by atoms with E-state index in [1.807, 2.05) is 0 Å². The molecule has 0 spiro atoms. The molecule has 0 aliphatic rings. The molecule has 0 radical (unpaired) electrons. The molecule has 1 unspecified atom stereocenters. The predicted octanol–water partition coefficient (Wildman–Crippen LogP) is 4.89. The molecule has 0 nitrogen and oxygen atoms in total. The molecule has 0 aliphatic heterocycles. The Kier molecular flexibility index (Phi) is 4.86. The first-order chi connectivity index (χ1) is 7.50. The SMILES string of the molecule is CCCC(C)(CCl)Cc1ccc(C)c(C)c1. The molecular weight excluding hydrogens is 216 g/mol. The van der Waals surface area contributed by atoms with Crippen molar-refractivity contribution in [2.45, 2.75) is 47.0 Å². The molecule has 90 valence electrons.